The minimum atomic E-state index is -0.915. The number of benzene rings is 2. The molecule has 7 nitrogen and oxygen atoms in total. The maximum Gasteiger partial charge on any atom is 0.408 e. The molecule has 2 N–H and O–H groups in total. The number of hydrogen-bond donors (Lipinski definition) is 2. The van der Waals surface area contributed by atoms with Crippen LogP contribution in [0.4, 0.5) is 4.79 Å². The van der Waals surface area contributed by atoms with E-state index < -0.39 is 29.7 Å². The Morgan fingerprint density at radius 1 is 1.03 bits per heavy atom. The highest BCUT2D eigenvalue weighted by Crippen LogP contribution is 2.24. The molecule has 36 heavy (non-hydrogen) atoms. The molecule has 2 atom stereocenters. The van der Waals surface area contributed by atoms with Crippen LogP contribution >= 0.6 is 0 Å². The number of carbonyl (C=O) groups excluding carboxylic acids is 3. The third kappa shape index (κ3) is 8.56. The molecule has 0 aliphatic rings. The topological polar surface area (TPSA) is 87.7 Å². The van der Waals surface area contributed by atoms with E-state index in [-0.39, 0.29) is 18.4 Å². The van der Waals surface area contributed by atoms with Crippen LogP contribution in [0.1, 0.15) is 57.4 Å². The van der Waals surface area contributed by atoms with E-state index in [9.17, 15) is 14.4 Å². The van der Waals surface area contributed by atoms with Crippen LogP contribution in [-0.2, 0) is 20.9 Å². The van der Waals surface area contributed by atoms with Crippen molar-refractivity contribution in [1.29, 1.82) is 0 Å². The fourth-order valence-corrected chi connectivity index (χ4v) is 3.69. The van der Waals surface area contributed by atoms with Crippen LogP contribution in [0.5, 0.6) is 0 Å². The third-order valence-corrected chi connectivity index (χ3v) is 5.48. The summed E-state index contributed by atoms with van der Waals surface area (Å²) >= 11 is 0. The van der Waals surface area contributed by atoms with E-state index in [1.807, 2.05) is 75.4 Å². The number of aryl methyl sites for hydroxylation is 1. The summed E-state index contributed by atoms with van der Waals surface area (Å²) in [6, 6.07) is 15.3. The van der Waals surface area contributed by atoms with Gasteiger partial charge in [0.25, 0.3) is 0 Å². The molecule has 2 unspecified atom stereocenters. The summed E-state index contributed by atoms with van der Waals surface area (Å²) in [5.74, 6) is -0.961. The fourth-order valence-electron chi connectivity index (χ4n) is 3.69. The van der Waals surface area contributed by atoms with Crippen molar-refractivity contribution >= 4 is 17.9 Å². The molecule has 0 saturated heterocycles. The van der Waals surface area contributed by atoms with Gasteiger partial charge < -0.3 is 20.3 Å². The van der Waals surface area contributed by atoms with Gasteiger partial charge in [0.1, 0.15) is 17.7 Å². The van der Waals surface area contributed by atoms with E-state index in [0.29, 0.717) is 12.1 Å². The standard InChI is InChI=1S/C29H39N3O4/c1-8-18-32(27(34)24(20(2)3)31-28(35)36-29(5,6)7)25(23-16-14-21(4)15-17-23)26(33)30-19-22-12-10-9-11-13-22/h8-17,20,24-25H,1,18-19H2,2-7H3,(H,30,33)(H,31,35). The molecule has 194 valence electrons. The van der Waals surface area contributed by atoms with Gasteiger partial charge >= 0.3 is 6.09 Å². The Labute approximate surface area is 214 Å². The van der Waals surface area contributed by atoms with Crippen molar-refractivity contribution in [2.75, 3.05) is 6.54 Å². The van der Waals surface area contributed by atoms with Crippen LogP contribution in [0.25, 0.3) is 0 Å². The Bertz CT molecular complexity index is 1030. The zero-order chi connectivity index (χ0) is 26.9. The molecule has 2 aromatic rings. The van der Waals surface area contributed by atoms with Crippen molar-refractivity contribution in [2.24, 2.45) is 5.92 Å². The van der Waals surface area contributed by atoms with Crippen molar-refractivity contribution in [3.63, 3.8) is 0 Å². The van der Waals surface area contributed by atoms with Gasteiger partial charge in [-0.15, -0.1) is 6.58 Å². The molecule has 0 fully saturated rings. The summed E-state index contributed by atoms with van der Waals surface area (Å²) in [4.78, 5) is 41.4. The number of amides is 3. The Kier molecular flexibility index (Phi) is 10.3. The summed E-state index contributed by atoms with van der Waals surface area (Å²) in [6.07, 6.45) is 0.891. The first-order valence-electron chi connectivity index (χ1n) is 12.2. The molecule has 0 aromatic heterocycles. The molecule has 2 aromatic carbocycles. The van der Waals surface area contributed by atoms with Gasteiger partial charge in [0.2, 0.25) is 11.8 Å². The number of hydrogen-bond acceptors (Lipinski definition) is 4. The van der Waals surface area contributed by atoms with Crippen molar-refractivity contribution in [3.05, 3.63) is 83.9 Å². The van der Waals surface area contributed by atoms with E-state index in [0.717, 1.165) is 11.1 Å². The lowest BCUT2D eigenvalue weighted by molar-refractivity contribution is -0.142. The van der Waals surface area contributed by atoms with E-state index >= 15 is 0 Å². The van der Waals surface area contributed by atoms with Crippen molar-refractivity contribution in [1.82, 2.24) is 15.5 Å². The summed E-state index contributed by atoms with van der Waals surface area (Å²) in [6.45, 7) is 15.1. The first-order valence-corrected chi connectivity index (χ1v) is 12.2. The number of nitrogens with zero attached hydrogens (tertiary/aromatic N) is 1. The van der Waals surface area contributed by atoms with Crippen LogP contribution in [0.15, 0.2) is 67.3 Å². The first kappa shape index (κ1) is 28.6. The molecule has 0 aliphatic heterocycles. The highest BCUT2D eigenvalue weighted by Gasteiger charge is 2.37. The maximum atomic E-state index is 13.9. The molecular weight excluding hydrogens is 454 g/mol. The number of carbonyl (C=O) groups is 3. The molecule has 3 amide bonds. The van der Waals surface area contributed by atoms with Crippen molar-refractivity contribution in [3.8, 4) is 0 Å². The quantitative estimate of drug-likeness (QED) is 0.460. The summed E-state index contributed by atoms with van der Waals surface area (Å²) in [7, 11) is 0. The highest BCUT2D eigenvalue weighted by molar-refractivity contribution is 5.92. The Balaban J connectivity index is 2.40. The van der Waals surface area contributed by atoms with Gasteiger partial charge in [-0.2, -0.15) is 0 Å². The van der Waals surface area contributed by atoms with Gasteiger partial charge in [-0.3, -0.25) is 9.59 Å². The van der Waals surface area contributed by atoms with Gasteiger partial charge in [0, 0.05) is 13.1 Å². The molecule has 0 spiro atoms. The lowest BCUT2D eigenvalue weighted by atomic mass is 9.98. The van der Waals surface area contributed by atoms with Crippen LogP contribution < -0.4 is 10.6 Å². The van der Waals surface area contributed by atoms with E-state index in [4.69, 9.17) is 4.74 Å². The SMILES string of the molecule is C=CCN(C(=O)C(NC(=O)OC(C)(C)C)C(C)C)C(C(=O)NCc1ccccc1)c1ccc(C)cc1. The lowest BCUT2D eigenvalue weighted by Gasteiger charge is -2.35. The molecule has 0 saturated carbocycles. The number of rotatable bonds is 10. The second-order valence-corrected chi connectivity index (χ2v) is 10.2. The minimum Gasteiger partial charge on any atom is -0.444 e. The summed E-state index contributed by atoms with van der Waals surface area (Å²) < 4.78 is 5.38. The summed E-state index contributed by atoms with van der Waals surface area (Å²) in [5, 5.41) is 5.67. The van der Waals surface area contributed by atoms with Gasteiger partial charge in [-0.1, -0.05) is 80.1 Å². The average Bonchev–Trinajstić information content (AvgIpc) is 2.81. The molecular formula is C29H39N3O4. The van der Waals surface area contributed by atoms with Crippen molar-refractivity contribution < 1.29 is 19.1 Å². The minimum absolute atomic E-state index is 0.120. The Morgan fingerprint density at radius 3 is 2.17 bits per heavy atom. The van der Waals surface area contributed by atoms with E-state index in [2.05, 4.69) is 17.2 Å². The van der Waals surface area contributed by atoms with E-state index in [1.165, 1.54) is 4.90 Å². The number of alkyl carbamates (subject to hydrolysis) is 1. The van der Waals surface area contributed by atoms with Crippen LogP contribution in [0, 0.1) is 12.8 Å². The second-order valence-electron chi connectivity index (χ2n) is 10.2. The van der Waals surface area contributed by atoms with Crippen LogP contribution in [-0.4, -0.2) is 41.0 Å². The molecule has 0 radical (unpaired) electrons. The normalized spacial score (nSPS) is 12.9. The van der Waals surface area contributed by atoms with Gasteiger partial charge in [0.15, 0.2) is 0 Å². The summed E-state index contributed by atoms with van der Waals surface area (Å²) in [5.41, 5.74) is 1.94. The zero-order valence-corrected chi connectivity index (χ0v) is 22.2. The molecule has 0 aliphatic carbocycles. The van der Waals surface area contributed by atoms with Gasteiger partial charge in [-0.25, -0.2) is 4.79 Å². The molecule has 2 rings (SSSR count). The molecule has 7 heteroatoms. The largest absolute Gasteiger partial charge is 0.444 e. The van der Waals surface area contributed by atoms with E-state index in [1.54, 1.807) is 26.8 Å². The van der Waals surface area contributed by atoms with Crippen LogP contribution in [0.3, 0.4) is 0 Å². The average molecular weight is 494 g/mol. The Morgan fingerprint density at radius 2 is 1.64 bits per heavy atom. The van der Waals surface area contributed by atoms with Crippen molar-refractivity contribution in [2.45, 2.75) is 65.8 Å². The molecule has 0 bridgehead atoms. The van der Waals surface area contributed by atoms with Crippen LogP contribution in [0.2, 0.25) is 0 Å². The lowest BCUT2D eigenvalue weighted by Crippen LogP contribution is -2.54. The van der Waals surface area contributed by atoms with Gasteiger partial charge in [0.05, 0.1) is 0 Å². The van der Waals surface area contributed by atoms with Gasteiger partial charge in [-0.05, 0) is 44.7 Å². The monoisotopic (exact) mass is 493 g/mol. The zero-order valence-electron chi connectivity index (χ0n) is 22.2. The predicted octanol–water partition coefficient (Wildman–Crippen LogP) is 4.92. The Hall–Kier alpha value is -3.61. The maximum absolute atomic E-state index is 13.9. The third-order valence-electron chi connectivity index (χ3n) is 5.48. The number of ether oxygens (including phenoxy) is 1. The smallest absolute Gasteiger partial charge is 0.408 e. The number of nitrogens with one attached hydrogen (secondary N) is 2. The highest BCUT2D eigenvalue weighted by atomic mass is 16.6. The second kappa shape index (κ2) is 12.9. The first-order chi connectivity index (χ1) is 16.9. The molecule has 0 heterocycles. The fraction of sp³-hybridized carbons (Fsp3) is 0.414. The predicted molar refractivity (Wildman–Crippen MR) is 142 cm³/mol.